The van der Waals surface area contributed by atoms with Crippen LogP contribution in [0.15, 0.2) is 0 Å². The van der Waals surface area contributed by atoms with E-state index in [-0.39, 0.29) is 12.4 Å². The second-order valence-corrected chi connectivity index (χ2v) is 6.91. The number of nitrogens with zero attached hydrogens (tertiary/aromatic N) is 4. The Hall–Kier alpha value is 0.240. The molecule has 0 bridgehead atoms. The molecule has 0 aliphatic rings. The molecule has 0 atom stereocenters. The molecule has 0 rings (SSSR count). The van der Waals surface area contributed by atoms with Crippen LogP contribution < -0.4 is 0 Å². The van der Waals surface area contributed by atoms with E-state index in [4.69, 9.17) is 19.2 Å². The first-order valence-corrected chi connectivity index (χ1v) is 7.71. The van der Waals surface area contributed by atoms with Gasteiger partial charge in [-0.1, -0.05) is 0 Å². The van der Waals surface area contributed by atoms with Crippen LogP contribution in [-0.2, 0) is 4.57 Å². The summed E-state index contributed by atoms with van der Waals surface area (Å²) in [6.07, 6.45) is 0. The Bertz CT molecular complexity index is 172. The summed E-state index contributed by atoms with van der Waals surface area (Å²) in [5, 5.41) is 0. The Morgan fingerprint density at radius 3 is 0.500 bits per heavy atom. The van der Waals surface area contributed by atoms with E-state index in [0.717, 1.165) is 0 Å². The Balaban J connectivity index is -0.0000000361. The summed E-state index contributed by atoms with van der Waals surface area (Å²) in [5.41, 5.74) is 0. The fraction of sp³-hybridized carbons (Fsp3) is 1.00. The molecule has 144 valence electrons. The quantitative estimate of drug-likeness (QED) is 0.521. The molecular weight excluding hydrogens is 331 g/mol. The van der Waals surface area contributed by atoms with Crippen molar-refractivity contribution in [3.8, 4) is 0 Å². The minimum atomic E-state index is -4.64. The third kappa shape index (κ3) is 130000. The maximum Gasteiger partial charge on any atom is 0.466 e. The summed E-state index contributed by atoms with van der Waals surface area (Å²) in [6.45, 7) is 0. The molecule has 8 nitrogen and oxygen atoms in total. The maximum absolute atomic E-state index is 8.88. The van der Waals surface area contributed by atoms with E-state index >= 15 is 0 Å². The van der Waals surface area contributed by atoms with Crippen molar-refractivity contribution in [1.29, 1.82) is 0 Å². The average Bonchev–Trinajstić information content (AvgIpc) is 1.91. The van der Waals surface area contributed by atoms with Gasteiger partial charge in [-0.2, -0.15) is 0 Å². The van der Waals surface area contributed by atoms with E-state index < -0.39 is 7.82 Å². The Labute approximate surface area is 144 Å². The first-order chi connectivity index (χ1) is 8.93. The molecule has 0 unspecified atom stereocenters. The van der Waals surface area contributed by atoms with Gasteiger partial charge in [0.25, 0.3) is 0 Å². The van der Waals surface area contributed by atoms with Crippen LogP contribution in [-0.4, -0.2) is 119 Å². The van der Waals surface area contributed by atoms with Crippen LogP contribution >= 0.6 is 20.2 Å². The van der Waals surface area contributed by atoms with Gasteiger partial charge in [-0.15, -0.1) is 12.4 Å². The Kier molecular flexibility index (Phi) is 45.2. The third-order valence-electron chi connectivity index (χ3n) is 0. The van der Waals surface area contributed by atoms with Crippen molar-refractivity contribution in [1.82, 2.24) is 19.6 Å². The van der Waals surface area contributed by atoms with Crippen LogP contribution in [0, 0.1) is 0 Å². The highest BCUT2D eigenvalue weighted by atomic mass is 35.5. The predicted molar refractivity (Wildman–Crippen MR) is 100.0 cm³/mol. The van der Waals surface area contributed by atoms with Gasteiger partial charge in [-0.25, -0.2) is 4.57 Å². The van der Waals surface area contributed by atoms with E-state index in [2.05, 4.69) is 0 Å². The van der Waals surface area contributed by atoms with Crippen molar-refractivity contribution in [3.63, 3.8) is 0 Å². The second kappa shape index (κ2) is 26.2. The molecule has 0 aliphatic heterocycles. The van der Waals surface area contributed by atoms with Crippen molar-refractivity contribution >= 4 is 20.2 Å². The van der Waals surface area contributed by atoms with E-state index in [1.54, 1.807) is 0 Å². The van der Waals surface area contributed by atoms with Crippen LogP contribution in [0.25, 0.3) is 0 Å². The molecule has 0 aromatic heterocycles. The molecule has 22 heavy (non-hydrogen) atoms. The number of hydrogen-bond acceptors (Lipinski definition) is 5. The molecular formula is C12H40ClN4O4P. The Morgan fingerprint density at radius 1 is 0.500 bits per heavy atom. The monoisotopic (exact) mass is 370 g/mol. The predicted octanol–water partition coefficient (Wildman–Crippen LogP) is 0.204. The lowest BCUT2D eigenvalue weighted by Gasteiger charge is -1.90. The van der Waals surface area contributed by atoms with Crippen molar-refractivity contribution < 1.29 is 19.2 Å². The normalized spacial score (nSPS) is 9.23. The highest BCUT2D eigenvalue weighted by molar-refractivity contribution is 7.45. The highest BCUT2D eigenvalue weighted by Crippen LogP contribution is 2.25. The van der Waals surface area contributed by atoms with Gasteiger partial charge in [0.15, 0.2) is 0 Å². The van der Waals surface area contributed by atoms with Crippen molar-refractivity contribution in [2.24, 2.45) is 0 Å². The smallest absolute Gasteiger partial charge is 0.312 e. The minimum absolute atomic E-state index is 0. The van der Waals surface area contributed by atoms with E-state index in [1.807, 2.05) is 104 Å². The average molecular weight is 371 g/mol. The number of halogens is 1. The molecule has 0 amide bonds. The number of rotatable bonds is 0. The molecule has 3 N–H and O–H groups in total. The molecule has 0 saturated heterocycles. The van der Waals surface area contributed by atoms with Gasteiger partial charge in [0.2, 0.25) is 0 Å². The third-order valence-corrected chi connectivity index (χ3v) is 0. The summed E-state index contributed by atoms with van der Waals surface area (Å²) in [5.74, 6) is 0. The fourth-order valence-corrected chi connectivity index (χ4v) is 0. The lowest BCUT2D eigenvalue weighted by molar-refractivity contribution is 0.275. The van der Waals surface area contributed by atoms with E-state index in [0.29, 0.717) is 0 Å². The zero-order valence-corrected chi connectivity index (χ0v) is 18.1. The largest absolute Gasteiger partial charge is 0.466 e. The highest BCUT2D eigenvalue weighted by Gasteiger charge is 2.00. The molecule has 0 heterocycles. The summed E-state index contributed by atoms with van der Waals surface area (Å²) in [6, 6.07) is 0. The van der Waals surface area contributed by atoms with E-state index in [9.17, 15) is 0 Å². The number of hydrogen-bond donors (Lipinski definition) is 3. The molecule has 0 aliphatic carbocycles. The zero-order chi connectivity index (χ0) is 18.8. The summed E-state index contributed by atoms with van der Waals surface area (Å²) >= 11 is 0. The molecule has 0 aromatic rings. The van der Waals surface area contributed by atoms with Crippen LogP contribution in [0.3, 0.4) is 0 Å². The topological polar surface area (TPSA) is 90.7 Å². The SMILES string of the molecule is CN(C)C.CN(C)C.CN(C)C.CN(C)C.Cl.O=P(O)(O)O. The first kappa shape index (κ1) is 38.0. The molecule has 0 fully saturated rings. The molecule has 0 spiro atoms. The van der Waals surface area contributed by atoms with Crippen LogP contribution in [0.2, 0.25) is 0 Å². The lowest BCUT2D eigenvalue weighted by atomic mass is 11.0. The fourth-order valence-electron chi connectivity index (χ4n) is 0. The lowest BCUT2D eigenvalue weighted by Crippen LogP contribution is -1.99. The van der Waals surface area contributed by atoms with Gasteiger partial charge < -0.3 is 34.3 Å². The zero-order valence-electron chi connectivity index (χ0n) is 16.4. The van der Waals surface area contributed by atoms with Crippen LogP contribution in [0.4, 0.5) is 0 Å². The molecule has 10 heteroatoms. The van der Waals surface area contributed by atoms with Gasteiger partial charge in [0, 0.05) is 0 Å². The van der Waals surface area contributed by atoms with E-state index in [1.165, 1.54) is 0 Å². The summed E-state index contributed by atoms with van der Waals surface area (Å²) < 4.78 is 8.88. The standard InChI is InChI=1S/4C3H9N.ClH.H3O4P/c4*1-4(2)3;;1-5(2,3)4/h4*1-3H3;1H;(H3,1,2,3,4). The summed E-state index contributed by atoms with van der Waals surface area (Å²) in [4.78, 5) is 29.6. The van der Waals surface area contributed by atoms with Crippen molar-refractivity contribution in [2.45, 2.75) is 0 Å². The van der Waals surface area contributed by atoms with Gasteiger partial charge >= 0.3 is 7.82 Å². The van der Waals surface area contributed by atoms with Crippen molar-refractivity contribution in [2.75, 3.05) is 84.6 Å². The molecule has 0 aromatic carbocycles. The summed E-state index contributed by atoms with van der Waals surface area (Å²) in [7, 11) is 19.4. The maximum atomic E-state index is 8.88. The van der Waals surface area contributed by atoms with Gasteiger partial charge in [0.05, 0.1) is 0 Å². The van der Waals surface area contributed by atoms with Gasteiger partial charge in [-0.05, 0) is 84.6 Å². The van der Waals surface area contributed by atoms with Crippen LogP contribution in [0.1, 0.15) is 0 Å². The molecule has 0 saturated carbocycles. The first-order valence-electron chi connectivity index (χ1n) is 6.15. The van der Waals surface area contributed by atoms with Crippen LogP contribution in [0.5, 0.6) is 0 Å². The minimum Gasteiger partial charge on any atom is -0.312 e. The number of phosphoric acid groups is 1. The molecule has 0 radical (unpaired) electrons. The Morgan fingerprint density at radius 2 is 0.500 bits per heavy atom. The second-order valence-electron chi connectivity index (χ2n) is 5.88. The van der Waals surface area contributed by atoms with Gasteiger partial charge in [-0.3, -0.25) is 0 Å². The van der Waals surface area contributed by atoms with Gasteiger partial charge in [0.1, 0.15) is 0 Å². The van der Waals surface area contributed by atoms with Crippen molar-refractivity contribution in [3.05, 3.63) is 0 Å².